The average molecular weight is 207 g/mol. The van der Waals surface area contributed by atoms with Crippen molar-refractivity contribution in [3.05, 3.63) is 23.8 Å². The lowest BCUT2D eigenvalue weighted by molar-refractivity contribution is 0.0948. The molecule has 1 aliphatic rings. The monoisotopic (exact) mass is 207 g/mol. The van der Waals surface area contributed by atoms with Crippen LogP contribution in [0.4, 0.5) is 0 Å². The summed E-state index contributed by atoms with van der Waals surface area (Å²) in [5, 5.41) is 21.2. The van der Waals surface area contributed by atoms with Crippen molar-refractivity contribution in [2.24, 2.45) is 5.92 Å². The summed E-state index contributed by atoms with van der Waals surface area (Å²) >= 11 is 0. The molecule has 2 rings (SSSR count). The molecule has 0 aromatic heterocycles. The molecule has 1 fully saturated rings. The topological polar surface area (TPSA) is 69.6 Å². The van der Waals surface area contributed by atoms with E-state index in [1.165, 1.54) is 18.2 Å². The van der Waals surface area contributed by atoms with E-state index in [0.29, 0.717) is 5.92 Å². The molecule has 4 heteroatoms. The van der Waals surface area contributed by atoms with Gasteiger partial charge in [0.15, 0.2) is 0 Å². The van der Waals surface area contributed by atoms with Crippen LogP contribution in [0.3, 0.4) is 0 Å². The van der Waals surface area contributed by atoms with Gasteiger partial charge in [0, 0.05) is 17.7 Å². The van der Waals surface area contributed by atoms with Crippen molar-refractivity contribution in [3.63, 3.8) is 0 Å². The van der Waals surface area contributed by atoms with Gasteiger partial charge < -0.3 is 15.5 Å². The van der Waals surface area contributed by atoms with Gasteiger partial charge in [0.05, 0.1) is 0 Å². The van der Waals surface area contributed by atoms with Crippen molar-refractivity contribution in [1.29, 1.82) is 0 Å². The minimum Gasteiger partial charge on any atom is -0.508 e. The maximum atomic E-state index is 11.6. The molecule has 1 aliphatic carbocycles. The van der Waals surface area contributed by atoms with Crippen molar-refractivity contribution in [1.82, 2.24) is 5.32 Å². The van der Waals surface area contributed by atoms with Gasteiger partial charge in [-0.3, -0.25) is 4.79 Å². The quantitative estimate of drug-likeness (QED) is 0.683. The molecule has 0 heterocycles. The van der Waals surface area contributed by atoms with Gasteiger partial charge in [0.25, 0.3) is 5.91 Å². The molecule has 2 unspecified atom stereocenters. The molecular formula is C11H13NO3. The highest BCUT2D eigenvalue weighted by molar-refractivity contribution is 5.95. The highest BCUT2D eigenvalue weighted by Crippen LogP contribution is 2.29. The van der Waals surface area contributed by atoms with E-state index in [1.807, 2.05) is 0 Å². The Hall–Kier alpha value is -1.71. The maximum Gasteiger partial charge on any atom is 0.251 e. The highest BCUT2D eigenvalue weighted by atomic mass is 16.3. The van der Waals surface area contributed by atoms with Crippen LogP contribution in [0.15, 0.2) is 18.2 Å². The second kappa shape index (κ2) is 3.46. The minimum atomic E-state index is -0.254. The molecule has 0 saturated heterocycles. The largest absolute Gasteiger partial charge is 0.508 e. The number of carbonyl (C=O) groups is 1. The average Bonchev–Trinajstić information content (AvgIpc) is 2.79. The Balaban J connectivity index is 2.11. The highest BCUT2D eigenvalue weighted by Gasteiger charge is 2.34. The Morgan fingerprint density at radius 1 is 1.33 bits per heavy atom. The fraction of sp³-hybridized carbons (Fsp3) is 0.364. The van der Waals surface area contributed by atoms with Crippen molar-refractivity contribution in [2.75, 3.05) is 0 Å². The van der Waals surface area contributed by atoms with Gasteiger partial charge in [-0.1, -0.05) is 6.92 Å². The fourth-order valence-electron chi connectivity index (χ4n) is 1.50. The van der Waals surface area contributed by atoms with Crippen molar-refractivity contribution < 1.29 is 15.0 Å². The first kappa shape index (κ1) is 9.83. The fourth-order valence-corrected chi connectivity index (χ4v) is 1.50. The Labute approximate surface area is 87.6 Å². The Kier molecular flexibility index (Phi) is 2.26. The van der Waals surface area contributed by atoms with E-state index in [0.717, 1.165) is 6.42 Å². The van der Waals surface area contributed by atoms with Gasteiger partial charge in [0.1, 0.15) is 11.5 Å². The summed E-state index contributed by atoms with van der Waals surface area (Å²) in [6.07, 6.45) is 0.997. The molecule has 1 saturated carbocycles. The zero-order chi connectivity index (χ0) is 11.0. The van der Waals surface area contributed by atoms with Gasteiger partial charge in [-0.15, -0.1) is 0 Å². The maximum absolute atomic E-state index is 11.6. The molecule has 80 valence electrons. The molecule has 15 heavy (non-hydrogen) atoms. The Bertz CT molecular complexity index is 383. The predicted molar refractivity (Wildman–Crippen MR) is 54.8 cm³/mol. The SMILES string of the molecule is CC1CC1NC(=O)c1cc(O)cc(O)c1. The first-order valence-corrected chi connectivity index (χ1v) is 4.90. The minimum absolute atomic E-state index is 0.107. The number of phenols is 2. The molecule has 1 aromatic rings. The van der Waals surface area contributed by atoms with Gasteiger partial charge in [-0.05, 0) is 24.5 Å². The first-order chi connectivity index (χ1) is 7.06. The molecule has 0 aliphatic heterocycles. The molecule has 3 N–H and O–H groups in total. The van der Waals surface area contributed by atoms with Gasteiger partial charge in [-0.2, -0.15) is 0 Å². The van der Waals surface area contributed by atoms with Crippen LogP contribution in [0.5, 0.6) is 11.5 Å². The van der Waals surface area contributed by atoms with E-state index in [4.69, 9.17) is 0 Å². The van der Waals surface area contributed by atoms with Crippen LogP contribution >= 0.6 is 0 Å². The van der Waals surface area contributed by atoms with E-state index in [9.17, 15) is 15.0 Å². The van der Waals surface area contributed by atoms with Crippen LogP contribution in [0, 0.1) is 5.92 Å². The second-order valence-corrected chi connectivity index (χ2v) is 4.03. The molecular weight excluding hydrogens is 194 g/mol. The van der Waals surface area contributed by atoms with Crippen LogP contribution in [0.2, 0.25) is 0 Å². The zero-order valence-corrected chi connectivity index (χ0v) is 8.40. The first-order valence-electron chi connectivity index (χ1n) is 4.90. The zero-order valence-electron chi connectivity index (χ0n) is 8.40. The molecule has 0 bridgehead atoms. The van der Waals surface area contributed by atoms with Crippen LogP contribution in [-0.4, -0.2) is 22.2 Å². The van der Waals surface area contributed by atoms with Crippen LogP contribution in [0.25, 0.3) is 0 Å². The van der Waals surface area contributed by atoms with Crippen LogP contribution in [-0.2, 0) is 0 Å². The second-order valence-electron chi connectivity index (χ2n) is 4.03. The number of rotatable bonds is 2. The number of carbonyl (C=O) groups excluding carboxylic acids is 1. The predicted octanol–water partition coefficient (Wildman–Crippen LogP) is 1.24. The number of aromatic hydroxyl groups is 2. The number of hydrogen-bond donors (Lipinski definition) is 3. The van der Waals surface area contributed by atoms with Crippen molar-refractivity contribution >= 4 is 5.91 Å². The Morgan fingerprint density at radius 3 is 2.33 bits per heavy atom. The summed E-state index contributed by atoms with van der Waals surface area (Å²) in [4.78, 5) is 11.6. The van der Waals surface area contributed by atoms with Gasteiger partial charge in [0.2, 0.25) is 0 Å². The molecule has 1 aromatic carbocycles. The third kappa shape index (κ3) is 2.21. The third-order valence-electron chi connectivity index (χ3n) is 2.59. The van der Waals surface area contributed by atoms with E-state index in [-0.39, 0.29) is 29.0 Å². The van der Waals surface area contributed by atoms with Crippen LogP contribution < -0.4 is 5.32 Å². The van der Waals surface area contributed by atoms with Crippen molar-refractivity contribution in [2.45, 2.75) is 19.4 Å². The number of phenolic OH excluding ortho intramolecular Hbond substituents is 2. The van der Waals surface area contributed by atoms with Gasteiger partial charge in [-0.25, -0.2) is 0 Å². The lowest BCUT2D eigenvalue weighted by Gasteiger charge is -2.04. The number of amides is 1. The lowest BCUT2D eigenvalue weighted by atomic mass is 10.2. The Morgan fingerprint density at radius 2 is 1.87 bits per heavy atom. The summed E-state index contributed by atoms with van der Waals surface area (Å²) in [6.45, 7) is 2.06. The number of benzene rings is 1. The summed E-state index contributed by atoms with van der Waals surface area (Å²) in [5.41, 5.74) is 0.284. The molecule has 0 radical (unpaired) electrons. The van der Waals surface area contributed by atoms with E-state index in [1.54, 1.807) is 0 Å². The third-order valence-corrected chi connectivity index (χ3v) is 2.59. The standard InChI is InChI=1S/C11H13NO3/c1-6-2-10(6)12-11(15)7-3-8(13)5-9(14)4-7/h3-6,10,13-14H,2H2,1H3,(H,12,15). The number of nitrogens with one attached hydrogen (secondary N) is 1. The molecule has 1 amide bonds. The summed E-state index contributed by atoms with van der Waals surface area (Å²) in [7, 11) is 0. The van der Waals surface area contributed by atoms with Crippen LogP contribution in [0.1, 0.15) is 23.7 Å². The van der Waals surface area contributed by atoms with Gasteiger partial charge >= 0.3 is 0 Å². The number of hydrogen-bond acceptors (Lipinski definition) is 3. The normalized spacial score (nSPS) is 23.5. The smallest absolute Gasteiger partial charge is 0.251 e. The molecule has 2 atom stereocenters. The summed E-state index contributed by atoms with van der Waals surface area (Å²) in [5.74, 6) is 0.0587. The molecule has 4 nitrogen and oxygen atoms in total. The van der Waals surface area contributed by atoms with Crippen molar-refractivity contribution in [3.8, 4) is 11.5 Å². The lowest BCUT2D eigenvalue weighted by Crippen LogP contribution is -2.26. The molecule has 0 spiro atoms. The summed E-state index contributed by atoms with van der Waals surface area (Å²) in [6, 6.07) is 4.10. The summed E-state index contributed by atoms with van der Waals surface area (Å²) < 4.78 is 0. The van der Waals surface area contributed by atoms with E-state index < -0.39 is 0 Å². The van der Waals surface area contributed by atoms with E-state index in [2.05, 4.69) is 12.2 Å². The van der Waals surface area contributed by atoms with E-state index >= 15 is 0 Å².